The van der Waals surface area contributed by atoms with Gasteiger partial charge in [-0.2, -0.15) is 9.97 Å². The summed E-state index contributed by atoms with van der Waals surface area (Å²) in [4.78, 5) is 9.73. The highest BCUT2D eigenvalue weighted by Gasteiger charge is 2.05. The summed E-state index contributed by atoms with van der Waals surface area (Å²) in [6, 6.07) is 4.06. The van der Waals surface area contributed by atoms with Crippen molar-refractivity contribution in [3.8, 4) is 0 Å². The van der Waals surface area contributed by atoms with E-state index in [1.165, 1.54) is 10.4 Å². The van der Waals surface area contributed by atoms with E-state index < -0.39 is 0 Å². The number of nitrogens with one attached hydrogen (secondary N) is 2. The number of aromatic nitrogens is 2. The smallest absolute Gasteiger partial charge is 0.223 e. The minimum absolute atomic E-state index is 0.287. The molecule has 0 saturated carbocycles. The van der Waals surface area contributed by atoms with Crippen molar-refractivity contribution in [2.45, 2.75) is 33.2 Å². The van der Waals surface area contributed by atoms with Crippen LogP contribution in [0.2, 0.25) is 0 Å². The standard InChI is InChI=1S/C14H21N5S/c1-3-6-16-12-8-13(19-14(15)18-12)17-9-11-10(4-2)5-7-20-11/h5,7-8H,3-4,6,9H2,1-2H3,(H4,15,16,17,18,19). The molecular weight excluding hydrogens is 270 g/mol. The summed E-state index contributed by atoms with van der Waals surface area (Å²) in [5.74, 6) is 1.81. The first-order valence-electron chi connectivity index (χ1n) is 6.90. The number of hydrogen-bond acceptors (Lipinski definition) is 6. The number of rotatable bonds is 7. The number of anilines is 3. The molecule has 2 aromatic rings. The van der Waals surface area contributed by atoms with E-state index in [1.54, 1.807) is 11.3 Å². The van der Waals surface area contributed by atoms with Crippen molar-refractivity contribution < 1.29 is 0 Å². The lowest BCUT2D eigenvalue weighted by molar-refractivity contribution is 0.965. The second-order valence-corrected chi connectivity index (χ2v) is 5.50. The maximum atomic E-state index is 5.74. The molecule has 108 valence electrons. The fourth-order valence-electron chi connectivity index (χ4n) is 1.91. The van der Waals surface area contributed by atoms with Gasteiger partial charge in [0.2, 0.25) is 5.95 Å². The van der Waals surface area contributed by atoms with Crippen LogP contribution < -0.4 is 16.4 Å². The minimum atomic E-state index is 0.287. The Bertz CT molecular complexity index is 552. The lowest BCUT2D eigenvalue weighted by Gasteiger charge is -2.09. The van der Waals surface area contributed by atoms with Gasteiger partial charge in [-0.1, -0.05) is 13.8 Å². The van der Waals surface area contributed by atoms with Crippen LogP contribution in [0.25, 0.3) is 0 Å². The zero-order chi connectivity index (χ0) is 14.4. The molecule has 0 spiro atoms. The van der Waals surface area contributed by atoms with Gasteiger partial charge in [-0.25, -0.2) is 0 Å². The van der Waals surface area contributed by atoms with Crippen LogP contribution in [0.15, 0.2) is 17.5 Å². The van der Waals surface area contributed by atoms with Crippen LogP contribution in [0.4, 0.5) is 17.6 Å². The van der Waals surface area contributed by atoms with Crippen molar-refractivity contribution in [1.82, 2.24) is 9.97 Å². The average Bonchev–Trinajstić information content (AvgIpc) is 2.90. The predicted octanol–water partition coefficient (Wildman–Crippen LogP) is 3.12. The Labute approximate surface area is 123 Å². The number of nitrogens with two attached hydrogens (primary N) is 1. The number of hydrogen-bond donors (Lipinski definition) is 3. The third kappa shape index (κ3) is 3.84. The molecule has 2 heterocycles. The van der Waals surface area contributed by atoms with E-state index in [0.717, 1.165) is 37.6 Å². The van der Waals surface area contributed by atoms with Gasteiger partial charge < -0.3 is 16.4 Å². The number of nitrogens with zero attached hydrogens (tertiary/aromatic N) is 2. The summed E-state index contributed by atoms with van der Waals surface area (Å²) in [5, 5.41) is 8.66. The van der Waals surface area contributed by atoms with Crippen LogP contribution in [0.5, 0.6) is 0 Å². The zero-order valence-corrected chi connectivity index (χ0v) is 12.8. The molecule has 0 unspecified atom stereocenters. The van der Waals surface area contributed by atoms with E-state index >= 15 is 0 Å². The maximum Gasteiger partial charge on any atom is 0.223 e. The fourth-order valence-corrected chi connectivity index (χ4v) is 2.82. The Morgan fingerprint density at radius 1 is 1.20 bits per heavy atom. The molecule has 4 N–H and O–H groups in total. The summed E-state index contributed by atoms with van der Waals surface area (Å²) >= 11 is 1.76. The van der Waals surface area contributed by atoms with Gasteiger partial charge in [0.25, 0.3) is 0 Å². The van der Waals surface area contributed by atoms with Gasteiger partial charge in [0.1, 0.15) is 11.6 Å². The molecule has 0 aliphatic carbocycles. The normalized spacial score (nSPS) is 10.5. The van der Waals surface area contributed by atoms with E-state index in [-0.39, 0.29) is 5.95 Å². The SMILES string of the molecule is CCCNc1cc(NCc2sccc2CC)nc(N)n1. The number of nitrogen functional groups attached to an aromatic ring is 1. The molecule has 0 bridgehead atoms. The third-order valence-corrected chi connectivity index (χ3v) is 3.91. The molecule has 5 nitrogen and oxygen atoms in total. The Balaban J connectivity index is 2.03. The lowest BCUT2D eigenvalue weighted by atomic mass is 10.2. The molecule has 0 aliphatic rings. The molecule has 0 saturated heterocycles. The summed E-state index contributed by atoms with van der Waals surface area (Å²) in [5.41, 5.74) is 7.12. The fraction of sp³-hybridized carbons (Fsp3) is 0.429. The number of aryl methyl sites for hydroxylation is 1. The van der Waals surface area contributed by atoms with Gasteiger partial charge in [0.15, 0.2) is 0 Å². The highest BCUT2D eigenvalue weighted by Crippen LogP contribution is 2.19. The van der Waals surface area contributed by atoms with Crippen molar-refractivity contribution >= 4 is 28.9 Å². The molecule has 2 rings (SSSR count). The molecule has 0 radical (unpaired) electrons. The van der Waals surface area contributed by atoms with Gasteiger partial charge in [-0.05, 0) is 29.9 Å². The van der Waals surface area contributed by atoms with E-state index in [1.807, 2.05) is 6.07 Å². The summed E-state index contributed by atoms with van der Waals surface area (Å²) < 4.78 is 0. The Morgan fingerprint density at radius 3 is 2.65 bits per heavy atom. The maximum absolute atomic E-state index is 5.74. The summed E-state index contributed by atoms with van der Waals surface area (Å²) in [6.07, 6.45) is 2.09. The van der Waals surface area contributed by atoms with Gasteiger partial charge in [0.05, 0.1) is 6.54 Å². The first-order chi connectivity index (χ1) is 9.72. The summed E-state index contributed by atoms with van der Waals surface area (Å²) in [6.45, 7) is 5.92. The Hall–Kier alpha value is -1.82. The van der Waals surface area contributed by atoms with Crippen molar-refractivity contribution in [1.29, 1.82) is 0 Å². The van der Waals surface area contributed by atoms with Gasteiger partial charge >= 0.3 is 0 Å². The largest absolute Gasteiger partial charge is 0.370 e. The molecule has 2 aromatic heterocycles. The quantitative estimate of drug-likeness (QED) is 0.730. The van der Waals surface area contributed by atoms with Crippen molar-refractivity contribution in [2.75, 3.05) is 22.9 Å². The van der Waals surface area contributed by atoms with Gasteiger partial charge in [0, 0.05) is 17.5 Å². The lowest BCUT2D eigenvalue weighted by Crippen LogP contribution is -2.08. The molecule has 0 aromatic carbocycles. The number of thiophene rings is 1. The van der Waals surface area contributed by atoms with E-state index in [2.05, 4.69) is 45.9 Å². The second-order valence-electron chi connectivity index (χ2n) is 4.50. The van der Waals surface area contributed by atoms with E-state index in [4.69, 9.17) is 5.73 Å². The highest BCUT2D eigenvalue weighted by molar-refractivity contribution is 7.10. The molecule has 20 heavy (non-hydrogen) atoms. The first-order valence-corrected chi connectivity index (χ1v) is 7.78. The Kier molecular flexibility index (Phi) is 5.17. The molecule has 0 fully saturated rings. The average molecular weight is 291 g/mol. The second kappa shape index (κ2) is 7.09. The van der Waals surface area contributed by atoms with Gasteiger partial charge in [-0.3, -0.25) is 0 Å². The topological polar surface area (TPSA) is 75.9 Å². The van der Waals surface area contributed by atoms with Crippen LogP contribution in [-0.4, -0.2) is 16.5 Å². The molecular formula is C14H21N5S. The minimum Gasteiger partial charge on any atom is -0.370 e. The van der Waals surface area contributed by atoms with Crippen LogP contribution in [-0.2, 0) is 13.0 Å². The molecule has 0 atom stereocenters. The zero-order valence-electron chi connectivity index (χ0n) is 11.9. The van der Waals surface area contributed by atoms with Crippen LogP contribution >= 0.6 is 11.3 Å². The van der Waals surface area contributed by atoms with E-state index in [9.17, 15) is 0 Å². The van der Waals surface area contributed by atoms with E-state index in [0.29, 0.717) is 0 Å². The van der Waals surface area contributed by atoms with Crippen molar-refractivity contribution in [3.05, 3.63) is 28.0 Å². The Morgan fingerprint density at radius 2 is 1.95 bits per heavy atom. The molecule has 0 amide bonds. The van der Waals surface area contributed by atoms with Crippen LogP contribution in [0.1, 0.15) is 30.7 Å². The van der Waals surface area contributed by atoms with Crippen molar-refractivity contribution in [2.24, 2.45) is 0 Å². The summed E-state index contributed by atoms with van der Waals surface area (Å²) in [7, 11) is 0. The third-order valence-electron chi connectivity index (χ3n) is 2.95. The van der Waals surface area contributed by atoms with Gasteiger partial charge in [-0.15, -0.1) is 11.3 Å². The highest BCUT2D eigenvalue weighted by atomic mass is 32.1. The monoisotopic (exact) mass is 291 g/mol. The molecule has 0 aliphatic heterocycles. The molecule has 6 heteroatoms. The van der Waals surface area contributed by atoms with Crippen LogP contribution in [0.3, 0.4) is 0 Å². The van der Waals surface area contributed by atoms with Crippen LogP contribution in [0, 0.1) is 0 Å². The first kappa shape index (κ1) is 14.6. The predicted molar refractivity (Wildman–Crippen MR) is 86.2 cm³/mol. The van der Waals surface area contributed by atoms with Crippen molar-refractivity contribution in [3.63, 3.8) is 0 Å².